The normalized spacial score (nSPS) is 22.4. The molecule has 20 heavy (non-hydrogen) atoms. The fourth-order valence-electron chi connectivity index (χ4n) is 2.50. The van der Waals surface area contributed by atoms with Crippen LogP contribution in [0.4, 0.5) is 5.69 Å². The lowest BCUT2D eigenvalue weighted by Gasteiger charge is -2.27. The van der Waals surface area contributed by atoms with Gasteiger partial charge in [-0.3, -0.25) is 4.79 Å². The minimum Gasteiger partial charge on any atom is -0.375 e. The predicted octanol–water partition coefficient (Wildman–Crippen LogP) is 4.10. The van der Waals surface area contributed by atoms with E-state index in [1.54, 1.807) is 12.1 Å². The Kier molecular flexibility index (Phi) is 5.55. The van der Waals surface area contributed by atoms with Crippen LogP contribution in [-0.2, 0) is 4.79 Å². The molecule has 1 amide bonds. The number of amides is 1. The van der Waals surface area contributed by atoms with Crippen molar-refractivity contribution in [2.24, 2.45) is 5.92 Å². The van der Waals surface area contributed by atoms with Crippen LogP contribution in [0.3, 0.4) is 0 Å². The molecule has 0 heterocycles. The fraction of sp³-hybridized carbons (Fsp3) is 0.533. The quantitative estimate of drug-likeness (QED) is 0.878. The average Bonchev–Trinajstić information content (AvgIpc) is 2.43. The fourth-order valence-corrected chi connectivity index (χ4v) is 2.87. The van der Waals surface area contributed by atoms with Crippen LogP contribution in [0, 0.1) is 5.92 Å². The van der Waals surface area contributed by atoms with Gasteiger partial charge in [0.1, 0.15) is 0 Å². The van der Waals surface area contributed by atoms with Crippen molar-refractivity contribution < 1.29 is 4.79 Å². The molecule has 0 aliphatic heterocycles. The predicted molar refractivity (Wildman–Crippen MR) is 84.5 cm³/mol. The molecule has 0 saturated heterocycles. The first-order chi connectivity index (χ1) is 9.56. The van der Waals surface area contributed by atoms with E-state index in [-0.39, 0.29) is 12.5 Å². The largest absolute Gasteiger partial charge is 0.375 e. The van der Waals surface area contributed by atoms with Gasteiger partial charge in [0.05, 0.1) is 22.3 Å². The van der Waals surface area contributed by atoms with Gasteiger partial charge in [-0.25, -0.2) is 0 Å². The molecular weight excluding hydrogens is 295 g/mol. The highest BCUT2D eigenvalue weighted by molar-refractivity contribution is 6.43. The lowest BCUT2D eigenvalue weighted by molar-refractivity contribution is -0.120. The van der Waals surface area contributed by atoms with E-state index in [1.165, 1.54) is 12.8 Å². The Morgan fingerprint density at radius 1 is 1.25 bits per heavy atom. The zero-order valence-electron chi connectivity index (χ0n) is 11.6. The van der Waals surface area contributed by atoms with Gasteiger partial charge in [0.25, 0.3) is 0 Å². The SMILES string of the molecule is CC1CCC(NC(=O)CNc2cccc(Cl)c2Cl)CC1. The van der Waals surface area contributed by atoms with Crippen LogP contribution < -0.4 is 10.6 Å². The molecule has 0 unspecified atom stereocenters. The number of benzene rings is 1. The van der Waals surface area contributed by atoms with Gasteiger partial charge >= 0.3 is 0 Å². The van der Waals surface area contributed by atoms with Crippen LogP contribution in [0.1, 0.15) is 32.6 Å². The molecule has 1 aromatic rings. The number of anilines is 1. The summed E-state index contributed by atoms with van der Waals surface area (Å²) in [6.07, 6.45) is 4.53. The van der Waals surface area contributed by atoms with Crippen molar-refractivity contribution in [3.8, 4) is 0 Å². The molecule has 0 atom stereocenters. The van der Waals surface area contributed by atoms with Gasteiger partial charge in [-0.2, -0.15) is 0 Å². The maximum absolute atomic E-state index is 11.9. The van der Waals surface area contributed by atoms with Crippen molar-refractivity contribution in [3.05, 3.63) is 28.2 Å². The summed E-state index contributed by atoms with van der Waals surface area (Å²) in [7, 11) is 0. The molecule has 3 nitrogen and oxygen atoms in total. The topological polar surface area (TPSA) is 41.1 Å². The Bertz CT molecular complexity index is 471. The first-order valence-electron chi connectivity index (χ1n) is 7.03. The highest BCUT2D eigenvalue weighted by atomic mass is 35.5. The van der Waals surface area contributed by atoms with E-state index >= 15 is 0 Å². The molecule has 2 rings (SSSR count). The maximum atomic E-state index is 11.9. The standard InChI is InChI=1S/C15H20Cl2N2O/c1-10-5-7-11(8-6-10)19-14(20)9-18-13-4-2-3-12(16)15(13)17/h2-4,10-11,18H,5-9H2,1H3,(H,19,20). The minimum atomic E-state index is 0.000551. The van der Waals surface area contributed by atoms with Crippen molar-refractivity contribution in [1.29, 1.82) is 0 Å². The summed E-state index contributed by atoms with van der Waals surface area (Å²) < 4.78 is 0. The van der Waals surface area contributed by atoms with Crippen molar-refractivity contribution in [2.75, 3.05) is 11.9 Å². The average molecular weight is 315 g/mol. The highest BCUT2D eigenvalue weighted by Gasteiger charge is 2.19. The van der Waals surface area contributed by atoms with E-state index in [1.807, 2.05) is 6.07 Å². The molecule has 1 fully saturated rings. The van der Waals surface area contributed by atoms with Crippen LogP contribution in [0.2, 0.25) is 10.0 Å². The Labute approximate surface area is 130 Å². The number of hydrogen-bond acceptors (Lipinski definition) is 2. The third kappa shape index (κ3) is 4.29. The zero-order valence-corrected chi connectivity index (χ0v) is 13.1. The van der Waals surface area contributed by atoms with E-state index in [4.69, 9.17) is 23.2 Å². The smallest absolute Gasteiger partial charge is 0.239 e. The van der Waals surface area contributed by atoms with Crippen molar-refractivity contribution in [3.63, 3.8) is 0 Å². The van der Waals surface area contributed by atoms with E-state index in [9.17, 15) is 4.79 Å². The maximum Gasteiger partial charge on any atom is 0.239 e. The molecule has 1 aliphatic carbocycles. The minimum absolute atomic E-state index is 0.000551. The number of carbonyl (C=O) groups excluding carboxylic acids is 1. The molecule has 1 saturated carbocycles. The Hall–Kier alpha value is -0.930. The van der Waals surface area contributed by atoms with E-state index in [2.05, 4.69) is 17.6 Å². The first-order valence-corrected chi connectivity index (χ1v) is 7.79. The van der Waals surface area contributed by atoms with Crippen molar-refractivity contribution in [1.82, 2.24) is 5.32 Å². The third-order valence-corrected chi connectivity index (χ3v) is 4.59. The molecule has 1 aromatic carbocycles. The van der Waals surface area contributed by atoms with Gasteiger partial charge in [0, 0.05) is 6.04 Å². The second-order valence-electron chi connectivity index (χ2n) is 5.48. The third-order valence-electron chi connectivity index (χ3n) is 3.77. The van der Waals surface area contributed by atoms with Crippen LogP contribution in [-0.4, -0.2) is 18.5 Å². The first kappa shape index (κ1) is 15.5. The van der Waals surface area contributed by atoms with E-state index < -0.39 is 0 Å². The van der Waals surface area contributed by atoms with Crippen LogP contribution >= 0.6 is 23.2 Å². The number of halogens is 2. The molecule has 5 heteroatoms. The summed E-state index contributed by atoms with van der Waals surface area (Å²) in [6, 6.07) is 5.65. The second kappa shape index (κ2) is 7.19. The summed E-state index contributed by atoms with van der Waals surface area (Å²) >= 11 is 12.0. The summed E-state index contributed by atoms with van der Waals surface area (Å²) in [5.41, 5.74) is 0.687. The van der Waals surface area contributed by atoms with Crippen LogP contribution in [0.5, 0.6) is 0 Å². The van der Waals surface area contributed by atoms with Crippen molar-refractivity contribution >= 4 is 34.8 Å². The second-order valence-corrected chi connectivity index (χ2v) is 6.26. The van der Waals surface area contributed by atoms with Gasteiger partial charge in [0.2, 0.25) is 5.91 Å². The van der Waals surface area contributed by atoms with Gasteiger partial charge in [-0.15, -0.1) is 0 Å². The Morgan fingerprint density at radius 3 is 2.65 bits per heavy atom. The monoisotopic (exact) mass is 314 g/mol. The summed E-state index contributed by atoms with van der Waals surface area (Å²) in [6.45, 7) is 2.48. The molecule has 110 valence electrons. The molecular formula is C15H20Cl2N2O. The van der Waals surface area contributed by atoms with E-state index in [0.717, 1.165) is 18.8 Å². The van der Waals surface area contributed by atoms with E-state index in [0.29, 0.717) is 21.8 Å². The lowest BCUT2D eigenvalue weighted by atomic mass is 9.87. The van der Waals surface area contributed by atoms with Gasteiger partial charge in [0.15, 0.2) is 0 Å². The Balaban J connectivity index is 1.79. The lowest BCUT2D eigenvalue weighted by Crippen LogP contribution is -2.40. The Morgan fingerprint density at radius 2 is 1.95 bits per heavy atom. The number of hydrogen-bond donors (Lipinski definition) is 2. The number of rotatable bonds is 4. The summed E-state index contributed by atoms with van der Waals surface area (Å²) in [4.78, 5) is 11.9. The van der Waals surface area contributed by atoms with Crippen LogP contribution in [0.25, 0.3) is 0 Å². The molecule has 0 radical (unpaired) electrons. The number of carbonyl (C=O) groups is 1. The molecule has 1 aliphatic rings. The van der Waals surface area contributed by atoms with Crippen molar-refractivity contribution in [2.45, 2.75) is 38.6 Å². The molecule has 2 N–H and O–H groups in total. The zero-order chi connectivity index (χ0) is 14.5. The highest BCUT2D eigenvalue weighted by Crippen LogP contribution is 2.29. The van der Waals surface area contributed by atoms with Crippen LogP contribution in [0.15, 0.2) is 18.2 Å². The molecule has 0 aromatic heterocycles. The number of nitrogens with one attached hydrogen (secondary N) is 2. The van der Waals surface area contributed by atoms with Gasteiger partial charge in [-0.1, -0.05) is 36.2 Å². The molecule has 0 spiro atoms. The van der Waals surface area contributed by atoms with Gasteiger partial charge in [-0.05, 0) is 43.7 Å². The van der Waals surface area contributed by atoms with Gasteiger partial charge < -0.3 is 10.6 Å². The summed E-state index contributed by atoms with van der Waals surface area (Å²) in [5, 5.41) is 7.03. The molecule has 0 bridgehead atoms. The summed E-state index contributed by atoms with van der Waals surface area (Å²) in [5.74, 6) is 0.784.